The molecule has 0 aliphatic carbocycles. The van der Waals surface area contributed by atoms with Gasteiger partial charge in [-0.2, -0.15) is 5.10 Å². The fourth-order valence-electron chi connectivity index (χ4n) is 2.54. The third kappa shape index (κ3) is 4.32. The third-order valence-electron chi connectivity index (χ3n) is 3.93. The lowest BCUT2D eigenvalue weighted by Gasteiger charge is -2.07. The van der Waals surface area contributed by atoms with E-state index in [2.05, 4.69) is 27.1 Å². The van der Waals surface area contributed by atoms with Crippen molar-refractivity contribution in [2.24, 2.45) is 0 Å². The minimum atomic E-state index is -0.233. The number of nitrogens with zero attached hydrogens (tertiary/aromatic N) is 3. The number of aromatic amines is 1. The Labute approximate surface area is 165 Å². The number of ether oxygens (including phenoxy) is 1. The number of carbonyl (C=O) groups is 1. The summed E-state index contributed by atoms with van der Waals surface area (Å²) < 4.78 is 7.67. The van der Waals surface area contributed by atoms with Crippen molar-refractivity contribution in [3.05, 3.63) is 63.7 Å². The summed E-state index contributed by atoms with van der Waals surface area (Å²) in [7, 11) is 1.58. The van der Waals surface area contributed by atoms with Gasteiger partial charge in [-0.25, -0.2) is 4.98 Å². The van der Waals surface area contributed by atoms with E-state index in [4.69, 9.17) is 17.0 Å². The molecule has 3 aromatic rings. The summed E-state index contributed by atoms with van der Waals surface area (Å²) in [5.41, 5.74) is 2.29. The lowest BCUT2D eigenvalue weighted by atomic mass is 10.1. The number of aryl methyl sites for hydroxylation is 1. The first kappa shape index (κ1) is 19.0. The number of nitrogens with one attached hydrogen (secondary N) is 2. The lowest BCUT2D eigenvalue weighted by molar-refractivity contribution is 0.102. The molecule has 2 heterocycles. The van der Waals surface area contributed by atoms with Crippen LogP contribution in [0.5, 0.6) is 5.75 Å². The van der Waals surface area contributed by atoms with E-state index in [0.29, 0.717) is 34.2 Å². The molecule has 0 aliphatic heterocycles. The van der Waals surface area contributed by atoms with Crippen LogP contribution in [0.3, 0.4) is 0 Å². The smallest absolute Gasteiger partial charge is 0.257 e. The van der Waals surface area contributed by atoms with Gasteiger partial charge >= 0.3 is 0 Å². The molecule has 0 aliphatic rings. The van der Waals surface area contributed by atoms with Crippen molar-refractivity contribution in [2.75, 3.05) is 12.4 Å². The molecule has 0 saturated carbocycles. The Bertz CT molecular complexity index is 1030. The van der Waals surface area contributed by atoms with Crippen molar-refractivity contribution in [1.29, 1.82) is 0 Å². The van der Waals surface area contributed by atoms with Gasteiger partial charge in [-0.3, -0.25) is 19.8 Å². The monoisotopic (exact) mass is 401 g/mol. The first-order valence-corrected chi connectivity index (χ1v) is 9.46. The second-order valence-corrected chi connectivity index (χ2v) is 7.05. The van der Waals surface area contributed by atoms with Crippen LogP contribution in [0.2, 0.25) is 0 Å². The Kier molecular flexibility index (Phi) is 5.82. The van der Waals surface area contributed by atoms with Crippen LogP contribution in [0.25, 0.3) is 0 Å². The quantitative estimate of drug-likeness (QED) is 0.465. The summed E-state index contributed by atoms with van der Waals surface area (Å²) in [4.78, 5) is 16.9. The van der Waals surface area contributed by atoms with Crippen molar-refractivity contribution in [1.82, 2.24) is 19.7 Å². The zero-order valence-corrected chi connectivity index (χ0v) is 16.6. The third-order valence-corrected chi connectivity index (χ3v) is 5.05. The van der Waals surface area contributed by atoms with E-state index in [1.165, 1.54) is 11.3 Å². The van der Waals surface area contributed by atoms with Gasteiger partial charge in [-0.15, -0.1) is 17.9 Å². The lowest BCUT2D eigenvalue weighted by Crippen LogP contribution is -2.12. The van der Waals surface area contributed by atoms with Crippen LogP contribution in [-0.2, 0) is 13.0 Å². The summed E-state index contributed by atoms with van der Waals surface area (Å²) in [6.07, 6.45) is 2.27. The number of anilines is 1. The standard InChI is InChI=1S/C18H19N5O2S2/c1-4-7-23-15(21-22-18(23)26)9-13-10-27-17(19-13)20-16(24)12-6-5-11(2)14(8-12)25-3/h4-6,8,10H,1,7,9H2,2-3H3,(H,22,26)(H,19,20,24). The van der Waals surface area contributed by atoms with Gasteiger partial charge in [0, 0.05) is 17.5 Å². The highest BCUT2D eigenvalue weighted by atomic mass is 32.1. The Hall–Kier alpha value is -2.78. The minimum absolute atomic E-state index is 0.233. The molecule has 0 saturated heterocycles. The summed E-state index contributed by atoms with van der Waals surface area (Å²) in [6.45, 7) is 6.23. The van der Waals surface area contributed by atoms with Crippen molar-refractivity contribution >= 4 is 34.6 Å². The molecule has 0 bridgehead atoms. The van der Waals surface area contributed by atoms with Gasteiger partial charge in [-0.05, 0) is 36.8 Å². The topological polar surface area (TPSA) is 84.8 Å². The fraction of sp³-hybridized carbons (Fsp3) is 0.222. The van der Waals surface area contributed by atoms with Gasteiger partial charge in [0.2, 0.25) is 0 Å². The number of allylic oxidation sites excluding steroid dienone is 1. The van der Waals surface area contributed by atoms with Crippen LogP contribution in [0.1, 0.15) is 27.4 Å². The van der Waals surface area contributed by atoms with Crippen LogP contribution in [0, 0.1) is 11.7 Å². The summed E-state index contributed by atoms with van der Waals surface area (Å²) >= 11 is 6.58. The van der Waals surface area contributed by atoms with Gasteiger partial charge in [0.05, 0.1) is 19.2 Å². The number of amides is 1. The van der Waals surface area contributed by atoms with E-state index in [1.54, 1.807) is 25.3 Å². The summed E-state index contributed by atoms with van der Waals surface area (Å²) in [5, 5.41) is 12.3. The van der Waals surface area contributed by atoms with Crippen LogP contribution in [0.15, 0.2) is 36.2 Å². The Morgan fingerprint density at radius 1 is 1.52 bits per heavy atom. The van der Waals surface area contributed by atoms with Crippen LogP contribution in [0.4, 0.5) is 5.13 Å². The largest absolute Gasteiger partial charge is 0.496 e. The molecule has 0 radical (unpaired) electrons. The molecule has 27 heavy (non-hydrogen) atoms. The Morgan fingerprint density at radius 2 is 2.33 bits per heavy atom. The zero-order valence-electron chi connectivity index (χ0n) is 15.0. The fourth-order valence-corrected chi connectivity index (χ4v) is 3.47. The maximum atomic E-state index is 12.5. The summed E-state index contributed by atoms with van der Waals surface area (Å²) in [6, 6.07) is 5.32. The number of methoxy groups -OCH3 is 1. The van der Waals surface area contributed by atoms with Crippen molar-refractivity contribution < 1.29 is 9.53 Å². The SMILES string of the molecule is C=CCn1c(Cc2csc(NC(=O)c3ccc(C)c(OC)c3)n2)n[nH]c1=S. The van der Waals surface area contributed by atoms with Crippen molar-refractivity contribution in [2.45, 2.75) is 19.9 Å². The van der Waals surface area contributed by atoms with Gasteiger partial charge in [-0.1, -0.05) is 12.1 Å². The molecule has 0 spiro atoms. The average Bonchev–Trinajstić information content (AvgIpc) is 3.23. The van der Waals surface area contributed by atoms with E-state index in [-0.39, 0.29) is 5.91 Å². The van der Waals surface area contributed by atoms with Gasteiger partial charge in [0.15, 0.2) is 9.90 Å². The van der Waals surface area contributed by atoms with Crippen molar-refractivity contribution in [3.63, 3.8) is 0 Å². The molecule has 3 rings (SSSR count). The number of hydrogen-bond acceptors (Lipinski definition) is 6. The first-order chi connectivity index (χ1) is 13.0. The predicted octanol–water partition coefficient (Wildman–Crippen LogP) is 3.74. The number of hydrogen-bond donors (Lipinski definition) is 2. The number of benzene rings is 1. The van der Waals surface area contributed by atoms with Gasteiger partial charge in [0.1, 0.15) is 11.6 Å². The van der Waals surface area contributed by atoms with E-state index in [9.17, 15) is 4.79 Å². The van der Waals surface area contributed by atoms with E-state index < -0.39 is 0 Å². The van der Waals surface area contributed by atoms with E-state index in [1.807, 2.05) is 22.9 Å². The maximum absolute atomic E-state index is 12.5. The molecule has 2 N–H and O–H groups in total. The van der Waals surface area contributed by atoms with E-state index in [0.717, 1.165) is 17.1 Å². The number of carbonyl (C=O) groups excluding carboxylic acids is 1. The maximum Gasteiger partial charge on any atom is 0.257 e. The molecular weight excluding hydrogens is 382 g/mol. The minimum Gasteiger partial charge on any atom is -0.496 e. The molecule has 2 aromatic heterocycles. The summed E-state index contributed by atoms with van der Waals surface area (Å²) in [5.74, 6) is 1.21. The zero-order chi connectivity index (χ0) is 19.4. The van der Waals surface area contributed by atoms with Crippen LogP contribution in [-0.4, -0.2) is 32.8 Å². The number of rotatable bonds is 7. The number of H-pyrrole nitrogens is 1. The molecule has 0 unspecified atom stereocenters. The Morgan fingerprint density at radius 3 is 3.07 bits per heavy atom. The molecule has 140 valence electrons. The average molecular weight is 402 g/mol. The molecule has 9 heteroatoms. The molecule has 0 fully saturated rings. The molecule has 7 nitrogen and oxygen atoms in total. The highest BCUT2D eigenvalue weighted by Gasteiger charge is 2.13. The van der Waals surface area contributed by atoms with Gasteiger partial charge in [0.25, 0.3) is 5.91 Å². The van der Waals surface area contributed by atoms with Crippen LogP contribution < -0.4 is 10.1 Å². The molecule has 1 aromatic carbocycles. The van der Waals surface area contributed by atoms with Crippen molar-refractivity contribution in [3.8, 4) is 5.75 Å². The molecule has 1 amide bonds. The second kappa shape index (κ2) is 8.28. The highest BCUT2D eigenvalue weighted by molar-refractivity contribution is 7.71. The number of thiazole rings is 1. The first-order valence-electron chi connectivity index (χ1n) is 8.17. The normalized spacial score (nSPS) is 10.6. The second-order valence-electron chi connectivity index (χ2n) is 5.80. The number of aromatic nitrogens is 4. The Balaban J connectivity index is 1.72. The molecular formula is C18H19N5O2S2. The van der Waals surface area contributed by atoms with E-state index >= 15 is 0 Å². The molecule has 0 atom stereocenters. The van der Waals surface area contributed by atoms with Gasteiger partial charge < -0.3 is 4.74 Å². The highest BCUT2D eigenvalue weighted by Crippen LogP contribution is 2.22. The predicted molar refractivity (Wildman–Crippen MR) is 108 cm³/mol. The van der Waals surface area contributed by atoms with Crippen LogP contribution >= 0.6 is 23.6 Å².